The Morgan fingerprint density at radius 2 is 1.29 bits per heavy atom. The lowest BCUT2D eigenvalue weighted by molar-refractivity contribution is -0.110. The van der Waals surface area contributed by atoms with Gasteiger partial charge in [-0.2, -0.15) is 0 Å². The molecule has 0 N–H and O–H groups in total. The number of hydroxylamine groups is 2. The van der Waals surface area contributed by atoms with Crippen molar-refractivity contribution in [3.05, 3.63) is 95.6 Å². The van der Waals surface area contributed by atoms with Gasteiger partial charge in [-0.25, -0.2) is 4.79 Å². The SMILES string of the molecule is CN(OC(=O)c1ccccc1)C1c2ccccc2-c2ccccc21. The normalized spacial score (nSPS) is 12.8. The van der Waals surface area contributed by atoms with Gasteiger partial charge in [0.15, 0.2) is 0 Å². The van der Waals surface area contributed by atoms with E-state index < -0.39 is 0 Å². The Hall–Kier alpha value is -2.91. The number of benzene rings is 3. The van der Waals surface area contributed by atoms with Crippen LogP contribution in [0, 0.1) is 0 Å². The van der Waals surface area contributed by atoms with Crippen molar-refractivity contribution in [3.8, 4) is 11.1 Å². The maximum Gasteiger partial charge on any atom is 0.357 e. The first-order chi connectivity index (χ1) is 11.8. The van der Waals surface area contributed by atoms with E-state index in [9.17, 15) is 4.79 Å². The third-order valence-electron chi connectivity index (χ3n) is 4.40. The lowest BCUT2D eigenvalue weighted by atomic mass is 10.1. The Labute approximate surface area is 141 Å². The zero-order chi connectivity index (χ0) is 16.5. The van der Waals surface area contributed by atoms with E-state index in [1.165, 1.54) is 11.1 Å². The molecule has 0 aliphatic heterocycles. The van der Waals surface area contributed by atoms with E-state index in [0.29, 0.717) is 5.56 Å². The second-order valence-corrected chi connectivity index (χ2v) is 5.87. The van der Waals surface area contributed by atoms with E-state index in [-0.39, 0.29) is 12.0 Å². The third kappa shape index (κ3) is 2.39. The molecule has 0 bridgehead atoms. The van der Waals surface area contributed by atoms with Crippen LogP contribution in [0.1, 0.15) is 27.5 Å². The van der Waals surface area contributed by atoms with Crippen molar-refractivity contribution >= 4 is 5.97 Å². The fourth-order valence-corrected chi connectivity index (χ4v) is 3.33. The van der Waals surface area contributed by atoms with Gasteiger partial charge in [0.25, 0.3) is 0 Å². The minimum atomic E-state index is -0.347. The molecule has 0 fully saturated rings. The van der Waals surface area contributed by atoms with Crippen molar-refractivity contribution in [2.24, 2.45) is 0 Å². The largest absolute Gasteiger partial charge is 0.363 e. The van der Waals surface area contributed by atoms with Crippen LogP contribution in [0.15, 0.2) is 78.9 Å². The van der Waals surface area contributed by atoms with E-state index >= 15 is 0 Å². The second kappa shape index (κ2) is 5.95. The lowest BCUT2D eigenvalue weighted by Gasteiger charge is -2.24. The lowest BCUT2D eigenvalue weighted by Crippen LogP contribution is -2.27. The first-order valence-electron chi connectivity index (χ1n) is 7.94. The predicted octanol–water partition coefficient (Wildman–Crippen LogP) is 4.46. The van der Waals surface area contributed by atoms with Gasteiger partial charge in [0, 0.05) is 7.05 Å². The van der Waals surface area contributed by atoms with Crippen LogP contribution >= 0.6 is 0 Å². The molecule has 24 heavy (non-hydrogen) atoms. The van der Waals surface area contributed by atoms with Crippen LogP contribution < -0.4 is 0 Å². The molecule has 1 aliphatic rings. The molecule has 0 aromatic heterocycles. The molecule has 0 heterocycles. The molecule has 0 saturated heterocycles. The maximum atomic E-state index is 12.4. The summed E-state index contributed by atoms with van der Waals surface area (Å²) in [7, 11) is 1.81. The summed E-state index contributed by atoms with van der Waals surface area (Å²) in [4.78, 5) is 18.0. The van der Waals surface area contributed by atoms with Crippen LogP contribution in [0.25, 0.3) is 11.1 Å². The molecule has 3 aromatic rings. The molecule has 3 nitrogen and oxygen atoms in total. The summed E-state index contributed by atoms with van der Waals surface area (Å²) in [6, 6.07) is 25.5. The highest BCUT2D eigenvalue weighted by atomic mass is 16.7. The van der Waals surface area contributed by atoms with Gasteiger partial charge in [-0.05, 0) is 34.4 Å². The number of fused-ring (bicyclic) bond motifs is 3. The van der Waals surface area contributed by atoms with E-state index in [4.69, 9.17) is 4.84 Å². The van der Waals surface area contributed by atoms with Crippen LogP contribution in [-0.2, 0) is 4.84 Å². The van der Waals surface area contributed by atoms with E-state index in [0.717, 1.165) is 11.1 Å². The molecule has 118 valence electrons. The Morgan fingerprint density at radius 1 is 0.792 bits per heavy atom. The van der Waals surface area contributed by atoms with Crippen molar-refractivity contribution in [2.75, 3.05) is 7.05 Å². The molecular weight excluding hydrogens is 298 g/mol. The van der Waals surface area contributed by atoms with Crippen LogP contribution in [0.3, 0.4) is 0 Å². The van der Waals surface area contributed by atoms with Gasteiger partial charge >= 0.3 is 5.97 Å². The van der Waals surface area contributed by atoms with Crippen LogP contribution in [0.4, 0.5) is 0 Å². The fourth-order valence-electron chi connectivity index (χ4n) is 3.33. The van der Waals surface area contributed by atoms with E-state index in [1.54, 1.807) is 17.2 Å². The first kappa shape index (κ1) is 14.7. The maximum absolute atomic E-state index is 12.4. The summed E-state index contributed by atoms with van der Waals surface area (Å²) < 4.78 is 0. The number of carbonyl (C=O) groups excluding carboxylic acids is 1. The Kier molecular flexibility index (Phi) is 3.63. The Bertz CT molecular complexity index is 844. The third-order valence-corrected chi connectivity index (χ3v) is 4.40. The summed E-state index contributed by atoms with van der Waals surface area (Å²) in [5.74, 6) is -0.347. The minimum absolute atomic E-state index is 0.0925. The van der Waals surface area contributed by atoms with Crippen LogP contribution in [-0.4, -0.2) is 18.1 Å². The monoisotopic (exact) mass is 315 g/mol. The van der Waals surface area contributed by atoms with Crippen LogP contribution in [0.5, 0.6) is 0 Å². The number of rotatable bonds is 3. The molecule has 0 unspecified atom stereocenters. The van der Waals surface area contributed by atoms with Gasteiger partial charge in [0.1, 0.15) is 0 Å². The molecule has 0 saturated carbocycles. The molecule has 0 atom stereocenters. The molecule has 0 radical (unpaired) electrons. The highest BCUT2D eigenvalue weighted by Gasteiger charge is 2.33. The fraction of sp³-hybridized carbons (Fsp3) is 0.0952. The van der Waals surface area contributed by atoms with Gasteiger partial charge in [-0.1, -0.05) is 66.7 Å². The molecule has 1 aliphatic carbocycles. The van der Waals surface area contributed by atoms with Gasteiger partial charge in [0.05, 0.1) is 11.6 Å². The first-order valence-corrected chi connectivity index (χ1v) is 7.94. The molecule has 0 spiro atoms. The number of carbonyl (C=O) groups is 1. The molecule has 3 heteroatoms. The number of hydrogen-bond acceptors (Lipinski definition) is 3. The van der Waals surface area contributed by atoms with Crippen molar-refractivity contribution in [3.63, 3.8) is 0 Å². The molecule has 3 aromatic carbocycles. The number of hydrogen-bond donors (Lipinski definition) is 0. The van der Waals surface area contributed by atoms with E-state index in [2.05, 4.69) is 24.3 Å². The standard InChI is InChI=1S/C21H17NO2/c1-22(24-21(23)15-9-3-2-4-10-15)20-18-13-7-5-11-16(18)17-12-6-8-14-19(17)20/h2-14,20H,1H3. The summed E-state index contributed by atoms with van der Waals surface area (Å²) in [6.45, 7) is 0. The van der Waals surface area contributed by atoms with Crippen molar-refractivity contribution in [1.82, 2.24) is 5.06 Å². The topological polar surface area (TPSA) is 29.5 Å². The van der Waals surface area contributed by atoms with Crippen molar-refractivity contribution in [2.45, 2.75) is 6.04 Å². The smallest absolute Gasteiger partial charge is 0.357 e. The summed E-state index contributed by atoms with van der Waals surface area (Å²) in [6.07, 6.45) is 0. The summed E-state index contributed by atoms with van der Waals surface area (Å²) in [5.41, 5.74) is 5.24. The van der Waals surface area contributed by atoms with Gasteiger partial charge < -0.3 is 4.84 Å². The Balaban J connectivity index is 1.67. The molecule has 0 amide bonds. The summed E-state index contributed by atoms with van der Waals surface area (Å²) >= 11 is 0. The second-order valence-electron chi connectivity index (χ2n) is 5.87. The Morgan fingerprint density at radius 3 is 1.88 bits per heavy atom. The van der Waals surface area contributed by atoms with Gasteiger partial charge in [-0.15, -0.1) is 5.06 Å². The van der Waals surface area contributed by atoms with Gasteiger partial charge in [-0.3, -0.25) is 0 Å². The average Bonchev–Trinajstić information content (AvgIpc) is 2.97. The highest BCUT2D eigenvalue weighted by molar-refractivity contribution is 5.89. The van der Waals surface area contributed by atoms with E-state index in [1.807, 2.05) is 49.5 Å². The van der Waals surface area contributed by atoms with Crippen molar-refractivity contribution < 1.29 is 9.63 Å². The quantitative estimate of drug-likeness (QED) is 0.668. The average molecular weight is 315 g/mol. The molecule has 4 rings (SSSR count). The molecular formula is C21H17NO2. The highest BCUT2D eigenvalue weighted by Crippen LogP contribution is 2.45. The zero-order valence-corrected chi connectivity index (χ0v) is 13.3. The zero-order valence-electron chi connectivity index (χ0n) is 13.3. The van der Waals surface area contributed by atoms with Gasteiger partial charge in [0.2, 0.25) is 0 Å². The van der Waals surface area contributed by atoms with Crippen molar-refractivity contribution in [1.29, 1.82) is 0 Å². The minimum Gasteiger partial charge on any atom is -0.363 e. The van der Waals surface area contributed by atoms with Crippen LogP contribution in [0.2, 0.25) is 0 Å². The number of nitrogens with zero attached hydrogens (tertiary/aromatic N) is 1. The predicted molar refractivity (Wildman–Crippen MR) is 93.3 cm³/mol. The summed E-state index contributed by atoms with van der Waals surface area (Å²) in [5, 5.41) is 1.65.